The minimum Gasteiger partial charge on any atom is -0.377 e. The van der Waals surface area contributed by atoms with Crippen molar-refractivity contribution in [3.8, 4) is 0 Å². The maximum atomic E-state index is 11.1. The predicted octanol–water partition coefficient (Wildman–Crippen LogP) is 3.25. The lowest BCUT2D eigenvalue weighted by Crippen LogP contribution is -2.40. The molecule has 1 heterocycles. The van der Waals surface area contributed by atoms with E-state index in [-0.39, 0.29) is 11.9 Å². The Kier molecular flexibility index (Phi) is 5.76. The van der Waals surface area contributed by atoms with E-state index in [9.17, 15) is 4.79 Å². The van der Waals surface area contributed by atoms with Gasteiger partial charge in [0.25, 0.3) is 0 Å². The van der Waals surface area contributed by atoms with Crippen LogP contribution in [0.5, 0.6) is 0 Å². The zero-order chi connectivity index (χ0) is 15.2. The van der Waals surface area contributed by atoms with Crippen LogP contribution in [-0.4, -0.2) is 24.7 Å². The van der Waals surface area contributed by atoms with E-state index in [0.29, 0.717) is 12.1 Å². The highest BCUT2D eigenvalue weighted by molar-refractivity contribution is 5.88. The van der Waals surface area contributed by atoms with Gasteiger partial charge in [0, 0.05) is 31.3 Å². The molecule has 0 radical (unpaired) electrons. The number of carbonyl (C=O) groups is 1. The average molecular weight is 290 g/mol. The third kappa shape index (κ3) is 4.55. The second-order valence-corrected chi connectivity index (χ2v) is 5.76. The predicted molar refractivity (Wildman–Crippen MR) is 85.3 cm³/mol. The molecule has 1 aromatic rings. The number of ether oxygens (including phenoxy) is 1. The molecule has 0 aromatic heterocycles. The van der Waals surface area contributed by atoms with Gasteiger partial charge in [-0.15, -0.1) is 0 Å². The quantitative estimate of drug-likeness (QED) is 0.845. The first-order valence-corrected chi connectivity index (χ1v) is 7.85. The van der Waals surface area contributed by atoms with E-state index in [0.717, 1.165) is 31.6 Å². The lowest BCUT2D eigenvalue weighted by Gasteiger charge is -2.27. The summed E-state index contributed by atoms with van der Waals surface area (Å²) < 4.78 is 5.80. The lowest BCUT2D eigenvalue weighted by atomic mass is 10.0. The summed E-state index contributed by atoms with van der Waals surface area (Å²) in [6, 6.07) is 8.62. The van der Waals surface area contributed by atoms with Gasteiger partial charge in [0.1, 0.15) is 0 Å². The number of hydrogen-bond acceptors (Lipinski definition) is 3. The molecule has 116 valence electrons. The summed E-state index contributed by atoms with van der Waals surface area (Å²) in [5, 5.41) is 6.50. The Morgan fingerprint density at radius 3 is 2.90 bits per heavy atom. The third-order valence-corrected chi connectivity index (χ3v) is 4.02. The summed E-state index contributed by atoms with van der Waals surface area (Å²) in [5.41, 5.74) is 2.02. The molecule has 0 aliphatic carbocycles. The molecule has 3 atom stereocenters. The lowest BCUT2D eigenvalue weighted by molar-refractivity contribution is -0.114. The zero-order valence-corrected chi connectivity index (χ0v) is 13.2. The minimum atomic E-state index is -0.0430. The molecule has 0 bridgehead atoms. The number of benzene rings is 1. The van der Waals surface area contributed by atoms with Crippen molar-refractivity contribution in [1.82, 2.24) is 5.32 Å². The SMILES string of the molecule is CCC(NC(C)c1cccc(NC(C)=O)c1)C1CCCO1. The first-order valence-electron chi connectivity index (χ1n) is 7.85. The number of amides is 1. The standard InChI is InChI=1S/C17H26N2O2/c1-4-16(17-9-6-10-21-17)18-12(2)14-7-5-8-15(11-14)19-13(3)20/h5,7-8,11-12,16-18H,4,6,9-10H2,1-3H3,(H,19,20). The van der Waals surface area contributed by atoms with Crippen molar-refractivity contribution >= 4 is 11.6 Å². The van der Waals surface area contributed by atoms with Gasteiger partial charge in [-0.2, -0.15) is 0 Å². The summed E-state index contributed by atoms with van der Waals surface area (Å²) in [6.45, 7) is 6.76. The zero-order valence-electron chi connectivity index (χ0n) is 13.2. The Morgan fingerprint density at radius 2 is 2.29 bits per heavy atom. The average Bonchev–Trinajstić information content (AvgIpc) is 2.98. The molecular formula is C17H26N2O2. The molecule has 1 aliphatic rings. The van der Waals surface area contributed by atoms with Crippen LogP contribution >= 0.6 is 0 Å². The van der Waals surface area contributed by atoms with Gasteiger partial charge in [-0.05, 0) is 43.9 Å². The molecule has 1 fully saturated rings. The van der Waals surface area contributed by atoms with Crippen molar-refractivity contribution in [2.45, 2.75) is 58.2 Å². The number of nitrogens with one attached hydrogen (secondary N) is 2. The van der Waals surface area contributed by atoms with Gasteiger partial charge in [-0.1, -0.05) is 19.1 Å². The third-order valence-electron chi connectivity index (χ3n) is 4.02. The highest BCUT2D eigenvalue weighted by Crippen LogP contribution is 2.22. The normalized spacial score (nSPS) is 21.0. The van der Waals surface area contributed by atoms with E-state index in [2.05, 4.69) is 30.5 Å². The van der Waals surface area contributed by atoms with E-state index >= 15 is 0 Å². The van der Waals surface area contributed by atoms with E-state index in [1.54, 1.807) is 0 Å². The van der Waals surface area contributed by atoms with Crippen LogP contribution in [0.2, 0.25) is 0 Å². The fourth-order valence-electron chi connectivity index (χ4n) is 2.91. The Hall–Kier alpha value is -1.39. The summed E-state index contributed by atoms with van der Waals surface area (Å²) >= 11 is 0. The molecule has 1 aliphatic heterocycles. The van der Waals surface area contributed by atoms with E-state index in [4.69, 9.17) is 4.74 Å². The molecule has 1 saturated heterocycles. The first kappa shape index (κ1) is 16.0. The van der Waals surface area contributed by atoms with E-state index in [1.807, 2.05) is 18.2 Å². The van der Waals surface area contributed by atoms with Gasteiger partial charge in [-0.25, -0.2) is 0 Å². The van der Waals surface area contributed by atoms with Gasteiger partial charge in [0.05, 0.1) is 6.10 Å². The van der Waals surface area contributed by atoms with Crippen LogP contribution in [0, 0.1) is 0 Å². The van der Waals surface area contributed by atoms with E-state index in [1.165, 1.54) is 12.5 Å². The maximum Gasteiger partial charge on any atom is 0.221 e. The highest BCUT2D eigenvalue weighted by Gasteiger charge is 2.25. The Balaban J connectivity index is 2.01. The second-order valence-electron chi connectivity index (χ2n) is 5.76. The Labute approximate surface area is 127 Å². The minimum absolute atomic E-state index is 0.0430. The van der Waals surface area contributed by atoms with Crippen LogP contribution in [-0.2, 0) is 9.53 Å². The molecule has 21 heavy (non-hydrogen) atoms. The van der Waals surface area contributed by atoms with E-state index < -0.39 is 0 Å². The Morgan fingerprint density at radius 1 is 1.48 bits per heavy atom. The number of hydrogen-bond donors (Lipinski definition) is 2. The summed E-state index contributed by atoms with van der Waals surface area (Å²) in [6.07, 6.45) is 3.69. The maximum absolute atomic E-state index is 11.1. The van der Waals surface area contributed by atoms with Crippen LogP contribution < -0.4 is 10.6 Å². The van der Waals surface area contributed by atoms with Crippen LogP contribution in [0.1, 0.15) is 51.6 Å². The molecule has 1 amide bonds. The Bertz CT molecular complexity index is 470. The molecule has 3 unspecified atom stereocenters. The smallest absolute Gasteiger partial charge is 0.221 e. The van der Waals surface area contributed by atoms with Crippen LogP contribution in [0.25, 0.3) is 0 Å². The van der Waals surface area contributed by atoms with Crippen molar-refractivity contribution in [2.24, 2.45) is 0 Å². The molecule has 4 nitrogen and oxygen atoms in total. The van der Waals surface area contributed by atoms with Gasteiger partial charge >= 0.3 is 0 Å². The topological polar surface area (TPSA) is 50.4 Å². The van der Waals surface area contributed by atoms with Crippen molar-refractivity contribution in [3.63, 3.8) is 0 Å². The molecule has 4 heteroatoms. The second kappa shape index (κ2) is 7.57. The van der Waals surface area contributed by atoms with Crippen molar-refractivity contribution in [3.05, 3.63) is 29.8 Å². The van der Waals surface area contributed by atoms with Crippen molar-refractivity contribution < 1.29 is 9.53 Å². The highest BCUT2D eigenvalue weighted by atomic mass is 16.5. The van der Waals surface area contributed by atoms with Crippen molar-refractivity contribution in [1.29, 1.82) is 0 Å². The fourth-order valence-corrected chi connectivity index (χ4v) is 2.91. The molecule has 0 spiro atoms. The number of carbonyl (C=O) groups excluding carboxylic acids is 1. The van der Waals surface area contributed by atoms with Crippen molar-refractivity contribution in [2.75, 3.05) is 11.9 Å². The van der Waals surface area contributed by atoms with Gasteiger partial charge in [0.2, 0.25) is 5.91 Å². The summed E-state index contributed by atoms with van der Waals surface area (Å²) in [7, 11) is 0. The van der Waals surface area contributed by atoms with Gasteiger partial charge < -0.3 is 15.4 Å². The molecule has 2 N–H and O–H groups in total. The first-order chi connectivity index (χ1) is 10.1. The largest absolute Gasteiger partial charge is 0.377 e. The number of anilines is 1. The van der Waals surface area contributed by atoms with Gasteiger partial charge in [-0.3, -0.25) is 4.79 Å². The molecule has 1 aromatic carbocycles. The summed E-state index contributed by atoms with van der Waals surface area (Å²) in [5.74, 6) is -0.0430. The van der Waals surface area contributed by atoms with Crippen LogP contribution in [0.4, 0.5) is 5.69 Å². The molecule has 0 saturated carbocycles. The summed E-state index contributed by atoms with van der Waals surface area (Å²) in [4.78, 5) is 11.1. The van der Waals surface area contributed by atoms with Gasteiger partial charge in [0.15, 0.2) is 0 Å². The van der Waals surface area contributed by atoms with Crippen LogP contribution in [0.15, 0.2) is 24.3 Å². The monoisotopic (exact) mass is 290 g/mol. The van der Waals surface area contributed by atoms with Crippen LogP contribution in [0.3, 0.4) is 0 Å². The molecule has 2 rings (SSSR count). The number of rotatable bonds is 6. The molecular weight excluding hydrogens is 264 g/mol. The fraction of sp³-hybridized carbons (Fsp3) is 0.588.